The van der Waals surface area contributed by atoms with Gasteiger partial charge in [0.05, 0.1) is 12.2 Å². The Bertz CT molecular complexity index is 823. The second kappa shape index (κ2) is 7.37. The van der Waals surface area contributed by atoms with Crippen molar-refractivity contribution in [3.8, 4) is 11.3 Å². The van der Waals surface area contributed by atoms with Gasteiger partial charge in [-0.3, -0.25) is 19.5 Å². The highest BCUT2D eigenvalue weighted by molar-refractivity contribution is 5.81. The fourth-order valence-electron chi connectivity index (χ4n) is 3.30. The molecule has 7 nitrogen and oxygen atoms in total. The predicted octanol–water partition coefficient (Wildman–Crippen LogP) is 0.859. The second-order valence-electron chi connectivity index (χ2n) is 6.96. The highest BCUT2D eigenvalue weighted by atomic mass is 16.2. The van der Waals surface area contributed by atoms with E-state index in [0.29, 0.717) is 18.4 Å². The summed E-state index contributed by atoms with van der Waals surface area (Å²) in [7, 11) is 0. The van der Waals surface area contributed by atoms with E-state index in [1.165, 1.54) is 4.68 Å². The molecule has 2 aliphatic rings. The van der Waals surface area contributed by atoms with Gasteiger partial charge in [-0.1, -0.05) is 0 Å². The fraction of sp³-hybridized carbons (Fsp3) is 0.474. The van der Waals surface area contributed by atoms with Crippen LogP contribution in [-0.4, -0.2) is 63.2 Å². The van der Waals surface area contributed by atoms with Crippen molar-refractivity contribution in [3.63, 3.8) is 0 Å². The molecule has 1 amide bonds. The summed E-state index contributed by atoms with van der Waals surface area (Å²) >= 11 is 0. The number of carbonyl (C=O) groups excluding carboxylic acids is 1. The highest BCUT2D eigenvalue weighted by Crippen LogP contribution is 2.31. The van der Waals surface area contributed by atoms with E-state index < -0.39 is 0 Å². The minimum atomic E-state index is -0.0923. The summed E-state index contributed by atoms with van der Waals surface area (Å²) in [4.78, 5) is 32.5. The van der Waals surface area contributed by atoms with Crippen LogP contribution in [0.15, 0.2) is 41.5 Å². The zero-order valence-corrected chi connectivity index (χ0v) is 14.8. The molecule has 0 spiro atoms. The van der Waals surface area contributed by atoms with E-state index in [1.54, 1.807) is 24.5 Å². The molecule has 2 fully saturated rings. The van der Waals surface area contributed by atoms with Crippen LogP contribution in [0.3, 0.4) is 0 Å². The van der Waals surface area contributed by atoms with E-state index in [1.807, 2.05) is 17.0 Å². The van der Waals surface area contributed by atoms with Gasteiger partial charge >= 0.3 is 0 Å². The van der Waals surface area contributed by atoms with E-state index >= 15 is 0 Å². The van der Waals surface area contributed by atoms with E-state index in [0.717, 1.165) is 56.8 Å². The Morgan fingerprint density at radius 1 is 1.00 bits per heavy atom. The first-order valence-electron chi connectivity index (χ1n) is 9.20. The molecule has 136 valence electrons. The van der Waals surface area contributed by atoms with Crippen LogP contribution in [-0.2, 0) is 11.3 Å². The number of hydrogen-bond donors (Lipinski definition) is 0. The maximum absolute atomic E-state index is 12.1. The van der Waals surface area contributed by atoms with Crippen molar-refractivity contribution in [3.05, 3.63) is 47.0 Å². The Balaban J connectivity index is 1.35. The third kappa shape index (κ3) is 3.83. The lowest BCUT2D eigenvalue weighted by molar-refractivity contribution is -0.134. The highest BCUT2D eigenvalue weighted by Gasteiger charge is 2.34. The summed E-state index contributed by atoms with van der Waals surface area (Å²) in [6.45, 7) is 4.60. The van der Waals surface area contributed by atoms with Crippen molar-refractivity contribution >= 4 is 5.91 Å². The Labute approximate surface area is 152 Å². The molecular weight excluding hydrogens is 330 g/mol. The van der Waals surface area contributed by atoms with Gasteiger partial charge in [-0.2, -0.15) is 5.10 Å². The Morgan fingerprint density at radius 3 is 2.42 bits per heavy atom. The molecule has 0 bridgehead atoms. The smallest absolute Gasteiger partial charge is 0.266 e. The van der Waals surface area contributed by atoms with E-state index in [-0.39, 0.29) is 5.56 Å². The van der Waals surface area contributed by atoms with Gasteiger partial charge in [-0.25, -0.2) is 4.68 Å². The first-order valence-corrected chi connectivity index (χ1v) is 9.20. The van der Waals surface area contributed by atoms with Crippen molar-refractivity contribution in [2.24, 2.45) is 5.92 Å². The largest absolute Gasteiger partial charge is 0.340 e. The van der Waals surface area contributed by atoms with Crippen LogP contribution in [0.2, 0.25) is 0 Å². The minimum absolute atomic E-state index is 0.0923. The first-order chi connectivity index (χ1) is 12.7. The Morgan fingerprint density at radius 2 is 1.73 bits per heavy atom. The van der Waals surface area contributed by atoms with Crippen LogP contribution in [0.5, 0.6) is 0 Å². The average Bonchev–Trinajstić information content (AvgIpc) is 3.53. The molecular formula is C19H23N5O2. The van der Waals surface area contributed by atoms with Crippen LogP contribution in [0.25, 0.3) is 11.3 Å². The average molecular weight is 353 g/mol. The van der Waals surface area contributed by atoms with Gasteiger partial charge in [0.25, 0.3) is 5.56 Å². The van der Waals surface area contributed by atoms with Gasteiger partial charge in [0.2, 0.25) is 5.91 Å². The lowest BCUT2D eigenvalue weighted by Crippen LogP contribution is -2.50. The third-order valence-corrected chi connectivity index (χ3v) is 5.08. The molecule has 2 aromatic heterocycles. The third-order valence-electron chi connectivity index (χ3n) is 5.08. The van der Waals surface area contributed by atoms with Crippen molar-refractivity contribution in [1.82, 2.24) is 24.6 Å². The van der Waals surface area contributed by atoms with Crippen LogP contribution >= 0.6 is 0 Å². The SMILES string of the molecule is O=C(C1CC1)N1CCN(CCn2nc(-c3ccncc3)ccc2=O)CC1. The maximum Gasteiger partial charge on any atom is 0.266 e. The van der Waals surface area contributed by atoms with Crippen molar-refractivity contribution < 1.29 is 4.79 Å². The second-order valence-corrected chi connectivity index (χ2v) is 6.96. The quantitative estimate of drug-likeness (QED) is 0.797. The topological polar surface area (TPSA) is 71.3 Å². The fourth-order valence-corrected chi connectivity index (χ4v) is 3.30. The standard InChI is InChI=1S/C19H23N5O2/c25-18-4-3-17(15-5-7-20-8-6-15)21-24(18)14-11-22-9-12-23(13-10-22)19(26)16-1-2-16/h3-8,16H,1-2,9-14H2. The number of carbonyl (C=O) groups is 1. The van der Waals surface area contributed by atoms with Crippen LogP contribution < -0.4 is 5.56 Å². The van der Waals surface area contributed by atoms with Crippen molar-refractivity contribution in [2.75, 3.05) is 32.7 Å². The van der Waals surface area contributed by atoms with E-state index in [2.05, 4.69) is 15.0 Å². The number of piperazine rings is 1. The summed E-state index contributed by atoms with van der Waals surface area (Å²) in [6, 6.07) is 7.08. The molecule has 0 unspecified atom stereocenters. The number of nitrogens with zero attached hydrogens (tertiary/aromatic N) is 5. The van der Waals surface area contributed by atoms with Gasteiger partial charge in [-0.15, -0.1) is 0 Å². The van der Waals surface area contributed by atoms with Crippen molar-refractivity contribution in [1.29, 1.82) is 0 Å². The molecule has 0 radical (unpaired) electrons. The number of hydrogen-bond acceptors (Lipinski definition) is 5. The number of pyridine rings is 1. The lowest BCUT2D eigenvalue weighted by Gasteiger charge is -2.34. The van der Waals surface area contributed by atoms with E-state index in [4.69, 9.17) is 0 Å². The van der Waals surface area contributed by atoms with Gasteiger partial charge in [0.1, 0.15) is 0 Å². The zero-order chi connectivity index (χ0) is 17.9. The summed E-state index contributed by atoms with van der Waals surface area (Å²) in [5, 5.41) is 4.49. The predicted molar refractivity (Wildman–Crippen MR) is 97.5 cm³/mol. The Hall–Kier alpha value is -2.54. The molecule has 2 aromatic rings. The first kappa shape index (κ1) is 16.9. The molecule has 0 N–H and O–H groups in total. The lowest BCUT2D eigenvalue weighted by atomic mass is 10.2. The molecule has 4 rings (SSSR count). The Kier molecular flexibility index (Phi) is 4.79. The summed E-state index contributed by atoms with van der Waals surface area (Å²) in [5.41, 5.74) is 1.62. The van der Waals surface area contributed by atoms with Crippen LogP contribution in [0, 0.1) is 5.92 Å². The molecule has 3 heterocycles. The molecule has 1 aliphatic heterocycles. The number of rotatable bonds is 5. The number of amides is 1. The molecule has 1 saturated heterocycles. The molecule has 0 aromatic carbocycles. The molecule has 1 aliphatic carbocycles. The zero-order valence-electron chi connectivity index (χ0n) is 14.8. The van der Waals surface area contributed by atoms with Crippen molar-refractivity contribution in [2.45, 2.75) is 19.4 Å². The van der Waals surface area contributed by atoms with E-state index in [9.17, 15) is 9.59 Å². The van der Waals surface area contributed by atoms with Gasteiger partial charge in [-0.05, 0) is 31.0 Å². The van der Waals surface area contributed by atoms with Gasteiger partial charge in [0, 0.05) is 62.7 Å². The van der Waals surface area contributed by atoms with Gasteiger partial charge < -0.3 is 4.90 Å². The monoisotopic (exact) mass is 353 g/mol. The summed E-state index contributed by atoms with van der Waals surface area (Å²) < 4.78 is 1.53. The van der Waals surface area contributed by atoms with Crippen LogP contribution in [0.1, 0.15) is 12.8 Å². The normalized spacial score (nSPS) is 18.1. The van der Waals surface area contributed by atoms with Crippen LogP contribution in [0.4, 0.5) is 0 Å². The number of aromatic nitrogens is 3. The molecule has 0 atom stereocenters. The van der Waals surface area contributed by atoms with Gasteiger partial charge in [0.15, 0.2) is 0 Å². The summed E-state index contributed by atoms with van der Waals surface area (Å²) in [6.07, 6.45) is 5.55. The maximum atomic E-state index is 12.1. The molecule has 1 saturated carbocycles. The summed E-state index contributed by atoms with van der Waals surface area (Å²) in [5.74, 6) is 0.618. The molecule has 26 heavy (non-hydrogen) atoms. The molecule has 7 heteroatoms. The minimum Gasteiger partial charge on any atom is -0.340 e.